The molecule has 4 nitrogen and oxygen atoms in total. The zero-order chi connectivity index (χ0) is 18.0. The highest BCUT2D eigenvalue weighted by atomic mass is 19.1. The van der Waals surface area contributed by atoms with Crippen LogP contribution < -0.4 is 5.32 Å². The van der Waals surface area contributed by atoms with Crippen LogP contribution in [0.2, 0.25) is 0 Å². The number of hydrogen-bond donors (Lipinski definition) is 2. The molecular formula is C18H26F2N2O2. The summed E-state index contributed by atoms with van der Waals surface area (Å²) < 4.78 is 27.3. The van der Waals surface area contributed by atoms with E-state index in [2.05, 4.69) is 26.1 Å². The molecule has 0 radical (unpaired) electrons. The average Bonchev–Trinajstić information content (AvgIpc) is 2.89. The maximum absolute atomic E-state index is 14.1. The summed E-state index contributed by atoms with van der Waals surface area (Å²) in [6, 6.07) is 5.40. The molecule has 6 heteroatoms. The van der Waals surface area contributed by atoms with Gasteiger partial charge in [-0.3, -0.25) is 0 Å². The lowest BCUT2D eigenvalue weighted by molar-refractivity contribution is 0.0802. The largest absolute Gasteiger partial charge is 0.393 e. The lowest BCUT2D eigenvalue weighted by Crippen LogP contribution is -2.43. The number of likely N-dealkylation sites (tertiary alicyclic amines) is 1. The van der Waals surface area contributed by atoms with Crippen molar-refractivity contribution >= 4 is 6.03 Å². The van der Waals surface area contributed by atoms with Crippen LogP contribution >= 0.6 is 0 Å². The fourth-order valence-electron chi connectivity index (χ4n) is 2.94. The molecule has 0 spiro atoms. The van der Waals surface area contributed by atoms with Gasteiger partial charge in [0, 0.05) is 13.0 Å². The molecule has 1 aromatic rings. The van der Waals surface area contributed by atoms with Crippen molar-refractivity contribution in [2.24, 2.45) is 5.41 Å². The van der Waals surface area contributed by atoms with Crippen LogP contribution in [0, 0.1) is 11.2 Å². The molecule has 0 aromatic heterocycles. The van der Waals surface area contributed by atoms with Crippen molar-refractivity contribution in [2.45, 2.75) is 45.3 Å². The Balaban J connectivity index is 2.10. The smallest absolute Gasteiger partial charge is 0.317 e. The minimum absolute atomic E-state index is 0.0493. The van der Waals surface area contributed by atoms with Gasteiger partial charge in [0.2, 0.25) is 0 Å². The lowest BCUT2D eigenvalue weighted by atomic mass is 9.85. The van der Waals surface area contributed by atoms with Crippen molar-refractivity contribution in [3.8, 4) is 0 Å². The van der Waals surface area contributed by atoms with E-state index in [1.807, 2.05) is 0 Å². The van der Waals surface area contributed by atoms with Gasteiger partial charge < -0.3 is 15.3 Å². The molecule has 2 rings (SSSR count). The Morgan fingerprint density at radius 1 is 1.38 bits per heavy atom. The molecule has 1 aliphatic heterocycles. The first-order valence-corrected chi connectivity index (χ1v) is 8.23. The molecule has 0 saturated carbocycles. The highest BCUT2D eigenvalue weighted by Crippen LogP contribution is 2.31. The van der Waals surface area contributed by atoms with Crippen LogP contribution in [0.3, 0.4) is 0 Å². The minimum atomic E-state index is -1.72. The van der Waals surface area contributed by atoms with Crippen molar-refractivity contribution in [3.05, 3.63) is 35.6 Å². The predicted molar refractivity (Wildman–Crippen MR) is 88.9 cm³/mol. The van der Waals surface area contributed by atoms with Crippen LogP contribution in [0.5, 0.6) is 0 Å². The molecule has 2 unspecified atom stereocenters. The summed E-state index contributed by atoms with van der Waals surface area (Å²) in [6.07, 6.45) is 0.802. The molecule has 1 aliphatic rings. The van der Waals surface area contributed by atoms with Crippen molar-refractivity contribution in [1.82, 2.24) is 10.2 Å². The Morgan fingerprint density at radius 2 is 2.00 bits per heavy atom. The summed E-state index contributed by atoms with van der Waals surface area (Å²) in [6.45, 7) is 5.76. The second-order valence-corrected chi connectivity index (χ2v) is 7.80. The summed E-state index contributed by atoms with van der Waals surface area (Å²) in [7, 11) is 0. The van der Waals surface area contributed by atoms with Crippen LogP contribution in [-0.4, -0.2) is 41.4 Å². The van der Waals surface area contributed by atoms with Gasteiger partial charge in [0.25, 0.3) is 0 Å². The van der Waals surface area contributed by atoms with Gasteiger partial charge in [-0.2, -0.15) is 0 Å². The van der Waals surface area contributed by atoms with Gasteiger partial charge in [-0.1, -0.05) is 32.9 Å². The molecule has 0 bridgehead atoms. The first-order chi connectivity index (χ1) is 11.1. The van der Waals surface area contributed by atoms with Gasteiger partial charge in [0.15, 0.2) is 5.67 Å². The summed E-state index contributed by atoms with van der Waals surface area (Å²) in [5, 5.41) is 12.0. The Hall–Kier alpha value is -1.69. The number of halogens is 2. The van der Waals surface area contributed by atoms with E-state index in [0.29, 0.717) is 6.42 Å². The van der Waals surface area contributed by atoms with Crippen molar-refractivity contribution < 1.29 is 18.7 Å². The second kappa shape index (κ2) is 7.05. The molecule has 24 heavy (non-hydrogen) atoms. The molecule has 2 amide bonds. The Labute approximate surface area is 141 Å². The van der Waals surface area contributed by atoms with Crippen LogP contribution in [0.1, 0.15) is 45.2 Å². The summed E-state index contributed by atoms with van der Waals surface area (Å²) >= 11 is 0. The Kier molecular flexibility index (Phi) is 5.48. The summed E-state index contributed by atoms with van der Waals surface area (Å²) in [5.41, 5.74) is -0.952. The van der Waals surface area contributed by atoms with E-state index in [4.69, 9.17) is 5.11 Å². The third-order valence-corrected chi connectivity index (χ3v) is 4.26. The number of urea groups is 1. The van der Waals surface area contributed by atoms with E-state index in [0.717, 1.165) is 5.56 Å². The number of carbonyl (C=O) groups is 1. The maximum Gasteiger partial charge on any atom is 0.317 e. The number of alkyl halides is 1. The highest BCUT2D eigenvalue weighted by Gasteiger charge is 2.40. The van der Waals surface area contributed by atoms with Gasteiger partial charge in [0.1, 0.15) is 5.82 Å². The number of benzene rings is 1. The van der Waals surface area contributed by atoms with Crippen molar-refractivity contribution in [1.29, 1.82) is 0 Å². The standard InChI is InChI=1S/C18H26F2N2O2/c1-17(2,3)10-15(13-4-6-14(19)7-5-13)21-16(24)22-9-8-18(20,11-22)12-23/h4-7,15,23H,8-12H2,1-3H3,(H,21,24). The highest BCUT2D eigenvalue weighted by molar-refractivity contribution is 5.75. The van der Waals surface area contributed by atoms with Gasteiger partial charge in [-0.25, -0.2) is 13.6 Å². The maximum atomic E-state index is 14.1. The fraction of sp³-hybridized carbons (Fsp3) is 0.611. The number of amides is 2. The van der Waals surface area contributed by atoms with Crippen LogP contribution in [0.25, 0.3) is 0 Å². The van der Waals surface area contributed by atoms with E-state index in [9.17, 15) is 13.6 Å². The first-order valence-electron chi connectivity index (χ1n) is 8.23. The molecular weight excluding hydrogens is 314 g/mol. The number of rotatable bonds is 4. The van der Waals surface area contributed by atoms with Crippen molar-refractivity contribution in [3.63, 3.8) is 0 Å². The molecule has 1 aromatic carbocycles. The average molecular weight is 340 g/mol. The molecule has 2 atom stereocenters. The van der Waals surface area contributed by atoms with Gasteiger partial charge in [0.05, 0.1) is 19.2 Å². The van der Waals surface area contributed by atoms with E-state index in [-0.39, 0.29) is 42.8 Å². The van der Waals surface area contributed by atoms with E-state index >= 15 is 0 Å². The minimum Gasteiger partial charge on any atom is -0.393 e. The molecule has 1 saturated heterocycles. The topological polar surface area (TPSA) is 52.6 Å². The van der Waals surface area contributed by atoms with Crippen LogP contribution in [0.15, 0.2) is 24.3 Å². The third kappa shape index (κ3) is 4.90. The SMILES string of the molecule is CC(C)(C)CC(NC(=O)N1CCC(F)(CO)C1)c1ccc(F)cc1. The normalized spacial score (nSPS) is 22.5. The number of carbonyl (C=O) groups excluding carboxylic acids is 1. The van der Waals surface area contributed by atoms with Crippen molar-refractivity contribution in [2.75, 3.05) is 19.7 Å². The van der Waals surface area contributed by atoms with Gasteiger partial charge >= 0.3 is 6.03 Å². The molecule has 1 heterocycles. The zero-order valence-corrected chi connectivity index (χ0v) is 14.5. The Morgan fingerprint density at radius 3 is 2.50 bits per heavy atom. The zero-order valence-electron chi connectivity index (χ0n) is 14.5. The predicted octanol–water partition coefficient (Wildman–Crippen LogP) is 3.42. The number of hydrogen-bond acceptors (Lipinski definition) is 2. The summed E-state index contributed by atoms with van der Waals surface area (Å²) in [4.78, 5) is 13.9. The quantitative estimate of drug-likeness (QED) is 0.882. The third-order valence-electron chi connectivity index (χ3n) is 4.26. The number of nitrogens with one attached hydrogen (secondary N) is 1. The van der Waals surface area contributed by atoms with Crippen LogP contribution in [-0.2, 0) is 0 Å². The second-order valence-electron chi connectivity index (χ2n) is 7.80. The molecule has 0 aliphatic carbocycles. The van der Waals surface area contributed by atoms with E-state index < -0.39 is 12.3 Å². The van der Waals surface area contributed by atoms with Gasteiger partial charge in [-0.05, 0) is 29.5 Å². The summed E-state index contributed by atoms with van der Waals surface area (Å²) in [5.74, 6) is -0.329. The molecule has 1 fully saturated rings. The number of aliphatic hydroxyl groups excluding tert-OH is 1. The number of nitrogens with zero attached hydrogens (tertiary/aromatic N) is 1. The van der Waals surface area contributed by atoms with E-state index in [1.54, 1.807) is 12.1 Å². The Bertz CT molecular complexity index is 571. The lowest BCUT2D eigenvalue weighted by Gasteiger charge is -2.29. The molecule has 2 N–H and O–H groups in total. The van der Waals surface area contributed by atoms with Crippen LogP contribution in [0.4, 0.5) is 13.6 Å². The van der Waals surface area contributed by atoms with Gasteiger partial charge in [-0.15, -0.1) is 0 Å². The van der Waals surface area contributed by atoms with E-state index in [1.165, 1.54) is 17.0 Å². The molecule has 134 valence electrons. The first kappa shape index (κ1) is 18.6. The monoisotopic (exact) mass is 340 g/mol. The number of aliphatic hydroxyl groups is 1. The fourth-order valence-corrected chi connectivity index (χ4v) is 2.94.